The Labute approximate surface area is 103 Å². The standard InChI is InChI=1S/C11H12F3NO.ClH/c12-11(13,14)7-16-9-3-1-2-8(6-9)10(15)4-5-10;/h1-3,6H,4-5,7,15H2;1H. The Balaban J connectivity index is 0.00000144. The largest absolute Gasteiger partial charge is 0.484 e. The van der Waals surface area contributed by atoms with Gasteiger partial charge in [-0.1, -0.05) is 12.1 Å². The molecular weight excluding hydrogens is 255 g/mol. The van der Waals surface area contributed by atoms with Crippen LogP contribution in [0.3, 0.4) is 0 Å². The van der Waals surface area contributed by atoms with Gasteiger partial charge in [-0.2, -0.15) is 13.2 Å². The van der Waals surface area contributed by atoms with Crippen molar-refractivity contribution in [2.75, 3.05) is 6.61 Å². The molecule has 1 aromatic rings. The molecule has 0 aromatic heterocycles. The third kappa shape index (κ3) is 3.78. The Hall–Kier alpha value is -0.940. The van der Waals surface area contributed by atoms with Crippen molar-refractivity contribution in [3.63, 3.8) is 0 Å². The zero-order chi connectivity index (χ0) is 11.8. The molecule has 0 spiro atoms. The van der Waals surface area contributed by atoms with Crippen molar-refractivity contribution in [3.8, 4) is 5.75 Å². The lowest BCUT2D eigenvalue weighted by Crippen LogP contribution is -2.20. The molecule has 1 aliphatic carbocycles. The van der Waals surface area contributed by atoms with E-state index in [9.17, 15) is 13.2 Å². The lowest BCUT2D eigenvalue weighted by Gasteiger charge is -2.13. The van der Waals surface area contributed by atoms with Gasteiger partial charge in [0.25, 0.3) is 0 Å². The second-order valence-electron chi connectivity index (χ2n) is 4.09. The van der Waals surface area contributed by atoms with Crippen LogP contribution in [0.25, 0.3) is 0 Å². The SMILES string of the molecule is Cl.NC1(c2cccc(OCC(F)(F)F)c2)CC1. The van der Waals surface area contributed by atoms with Crippen LogP contribution < -0.4 is 10.5 Å². The highest BCUT2D eigenvalue weighted by Gasteiger charge is 2.40. The molecule has 1 aliphatic rings. The molecule has 0 bridgehead atoms. The normalized spacial score (nSPS) is 17.2. The van der Waals surface area contributed by atoms with Gasteiger partial charge < -0.3 is 10.5 Å². The van der Waals surface area contributed by atoms with E-state index in [1.165, 1.54) is 6.07 Å². The number of halogens is 4. The molecule has 2 N–H and O–H groups in total. The number of hydrogen-bond acceptors (Lipinski definition) is 2. The van der Waals surface area contributed by atoms with E-state index in [-0.39, 0.29) is 23.7 Å². The van der Waals surface area contributed by atoms with Crippen LogP contribution in [0.1, 0.15) is 18.4 Å². The quantitative estimate of drug-likeness (QED) is 0.914. The molecule has 0 unspecified atom stereocenters. The van der Waals surface area contributed by atoms with Crippen molar-refractivity contribution in [1.29, 1.82) is 0 Å². The Morgan fingerprint density at radius 3 is 2.47 bits per heavy atom. The predicted octanol–water partition coefficient (Wildman–Crippen LogP) is 3.00. The van der Waals surface area contributed by atoms with Gasteiger partial charge in [0.15, 0.2) is 6.61 Å². The summed E-state index contributed by atoms with van der Waals surface area (Å²) < 4.78 is 40.5. The van der Waals surface area contributed by atoms with E-state index in [1.807, 2.05) is 6.07 Å². The second-order valence-corrected chi connectivity index (χ2v) is 4.09. The summed E-state index contributed by atoms with van der Waals surface area (Å²) in [6.45, 7) is -1.27. The first-order valence-electron chi connectivity index (χ1n) is 4.98. The lowest BCUT2D eigenvalue weighted by molar-refractivity contribution is -0.153. The fraction of sp³-hybridized carbons (Fsp3) is 0.455. The Morgan fingerprint density at radius 1 is 1.29 bits per heavy atom. The molecule has 2 nitrogen and oxygen atoms in total. The van der Waals surface area contributed by atoms with Crippen molar-refractivity contribution >= 4 is 12.4 Å². The van der Waals surface area contributed by atoms with Crippen LogP contribution in [0.5, 0.6) is 5.75 Å². The molecule has 0 radical (unpaired) electrons. The fourth-order valence-corrected chi connectivity index (χ4v) is 1.48. The zero-order valence-corrected chi connectivity index (χ0v) is 9.77. The van der Waals surface area contributed by atoms with Gasteiger partial charge in [0.2, 0.25) is 0 Å². The van der Waals surface area contributed by atoms with Crippen LogP contribution in [0, 0.1) is 0 Å². The van der Waals surface area contributed by atoms with Crippen LogP contribution in [0.2, 0.25) is 0 Å². The number of nitrogens with two attached hydrogens (primary N) is 1. The Morgan fingerprint density at radius 2 is 1.94 bits per heavy atom. The minimum atomic E-state index is -4.31. The molecule has 1 saturated carbocycles. The summed E-state index contributed by atoms with van der Waals surface area (Å²) in [5.74, 6) is 0.214. The maximum atomic E-state index is 11.9. The molecule has 6 heteroatoms. The Kier molecular flexibility index (Phi) is 3.94. The molecule has 17 heavy (non-hydrogen) atoms. The molecule has 1 aromatic carbocycles. The number of hydrogen-bond donors (Lipinski definition) is 1. The van der Waals surface area contributed by atoms with Crippen LogP contribution >= 0.6 is 12.4 Å². The van der Waals surface area contributed by atoms with E-state index in [1.54, 1.807) is 12.1 Å². The average Bonchev–Trinajstić information content (AvgIpc) is 2.95. The maximum absolute atomic E-state index is 11.9. The zero-order valence-electron chi connectivity index (χ0n) is 8.96. The van der Waals surface area contributed by atoms with E-state index >= 15 is 0 Å². The summed E-state index contributed by atoms with van der Waals surface area (Å²) in [6, 6.07) is 6.56. The summed E-state index contributed by atoms with van der Waals surface area (Å²) in [5, 5.41) is 0. The van der Waals surface area contributed by atoms with Crippen LogP contribution in [0.4, 0.5) is 13.2 Å². The van der Waals surface area contributed by atoms with E-state index in [2.05, 4.69) is 4.74 Å². The van der Waals surface area contributed by atoms with Gasteiger partial charge in [-0.25, -0.2) is 0 Å². The van der Waals surface area contributed by atoms with Crippen molar-refractivity contribution in [2.24, 2.45) is 5.73 Å². The lowest BCUT2D eigenvalue weighted by atomic mass is 10.1. The third-order valence-corrected chi connectivity index (χ3v) is 2.60. The average molecular weight is 268 g/mol. The highest BCUT2D eigenvalue weighted by molar-refractivity contribution is 5.85. The molecule has 0 heterocycles. The maximum Gasteiger partial charge on any atom is 0.422 e. The topological polar surface area (TPSA) is 35.2 Å². The van der Waals surface area contributed by atoms with Crippen LogP contribution in [-0.2, 0) is 5.54 Å². The number of ether oxygens (including phenoxy) is 1. The summed E-state index contributed by atoms with van der Waals surface area (Å²) in [6.07, 6.45) is -2.57. The predicted molar refractivity (Wildman–Crippen MR) is 60.3 cm³/mol. The van der Waals surface area contributed by atoms with Crippen molar-refractivity contribution in [3.05, 3.63) is 29.8 Å². The van der Waals surface area contributed by atoms with E-state index in [4.69, 9.17) is 5.73 Å². The molecule has 0 aliphatic heterocycles. The molecule has 0 amide bonds. The smallest absolute Gasteiger partial charge is 0.422 e. The van der Waals surface area contributed by atoms with Gasteiger partial charge in [0.1, 0.15) is 5.75 Å². The van der Waals surface area contributed by atoms with Gasteiger partial charge in [-0.05, 0) is 30.5 Å². The van der Waals surface area contributed by atoms with Gasteiger partial charge in [-0.15, -0.1) is 12.4 Å². The van der Waals surface area contributed by atoms with Gasteiger partial charge in [0, 0.05) is 5.54 Å². The molecule has 96 valence electrons. The molecule has 0 atom stereocenters. The first kappa shape index (κ1) is 14.1. The number of benzene rings is 1. The van der Waals surface area contributed by atoms with Crippen LogP contribution in [0.15, 0.2) is 24.3 Å². The fourth-order valence-electron chi connectivity index (χ4n) is 1.48. The minimum absolute atomic E-state index is 0. The van der Waals surface area contributed by atoms with Crippen molar-refractivity contribution < 1.29 is 17.9 Å². The van der Waals surface area contributed by atoms with Crippen molar-refractivity contribution in [2.45, 2.75) is 24.6 Å². The summed E-state index contributed by atoms with van der Waals surface area (Å²) in [5.41, 5.74) is 6.43. The van der Waals surface area contributed by atoms with Crippen molar-refractivity contribution in [1.82, 2.24) is 0 Å². The molecule has 1 fully saturated rings. The van der Waals surface area contributed by atoms with E-state index in [0.717, 1.165) is 18.4 Å². The van der Waals surface area contributed by atoms with Gasteiger partial charge >= 0.3 is 6.18 Å². The second kappa shape index (κ2) is 4.74. The molecule has 2 rings (SSSR count). The molecular formula is C11H13ClF3NO. The third-order valence-electron chi connectivity index (χ3n) is 2.60. The first-order valence-corrected chi connectivity index (χ1v) is 4.98. The highest BCUT2D eigenvalue weighted by Crippen LogP contribution is 2.43. The number of rotatable bonds is 3. The van der Waals surface area contributed by atoms with E-state index in [0.29, 0.717) is 0 Å². The summed E-state index contributed by atoms with van der Waals surface area (Å²) in [7, 11) is 0. The van der Waals surface area contributed by atoms with Gasteiger partial charge in [-0.3, -0.25) is 0 Å². The Bertz CT molecular complexity index is 391. The van der Waals surface area contributed by atoms with Gasteiger partial charge in [0.05, 0.1) is 0 Å². The first-order chi connectivity index (χ1) is 7.39. The minimum Gasteiger partial charge on any atom is -0.484 e. The summed E-state index contributed by atoms with van der Waals surface area (Å²) >= 11 is 0. The number of alkyl halides is 3. The summed E-state index contributed by atoms with van der Waals surface area (Å²) in [4.78, 5) is 0. The monoisotopic (exact) mass is 267 g/mol. The van der Waals surface area contributed by atoms with E-state index < -0.39 is 12.8 Å². The highest BCUT2D eigenvalue weighted by atomic mass is 35.5. The molecule has 0 saturated heterocycles. The van der Waals surface area contributed by atoms with Crippen LogP contribution in [-0.4, -0.2) is 12.8 Å².